The summed E-state index contributed by atoms with van der Waals surface area (Å²) >= 11 is 0. The van der Waals surface area contributed by atoms with Crippen molar-refractivity contribution >= 4 is 16.1 Å². The van der Waals surface area contributed by atoms with E-state index in [0.717, 1.165) is 25.7 Å². The van der Waals surface area contributed by atoms with Gasteiger partial charge in [0.15, 0.2) is 0 Å². The first-order valence-corrected chi connectivity index (χ1v) is 6.74. The minimum absolute atomic E-state index is 0.222. The Labute approximate surface area is 89.2 Å². The summed E-state index contributed by atoms with van der Waals surface area (Å²) in [6.07, 6.45) is 4.88. The molecular formula is C9H14N2O3S. The molecule has 0 N–H and O–H groups in total. The van der Waals surface area contributed by atoms with E-state index in [2.05, 4.69) is 4.99 Å². The van der Waals surface area contributed by atoms with Crippen molar-refractivity contribution in [3.8, 4) is 0 Å². The van der Waals surface area contributed by atoms with Crippen molar-refractivity contribution in [1.82, 2.24) is 4.31 Å². The normalized spacial score (nSPS) is 28.4. The second kappa shape index (κ2) is 4.04. The van der Waals surface area contributed by atoms with Gasteiger partial charge < -0.3 is 0 Å². The van der Waals surface area contributed by atoms with Gasteiger partial charge in [-0.15, -0.1) is 0 Å². The maximum absolute atomic E-state index is 12.0. The number of nitrogens with zero attached hydrogens (tertiary/aromatic N) is 2. The highest BCUT2D eigenvalue weighted by atomic mass is 32.2. The molecule has 2 fully saturated rings. The third-order valence-electron chi connectivity index (χ3n) is 2.90. The Morgan fingerprint density at radius 1 is 1.20 bits per heavy atom. The Bertz CT molecular complexity index is 382. The van der Waals surface area contributed by atoms with Crippen LogP contribution in [-0.2, 0) is 14.8 Å². The molecule has 1 saturated heterocycles. The molecule has 1 aliphatic carbocycles. The number of carbonyl (C=O) groups excluding carboxylic acids is 1. The molecule has 1 atom stereocenters. The van der Waals surface area contributed by atoms with Crippen molar-refractivity contribution in [1.29, 1.82) is 0 Å². The van der Waals surface area contributed by atoms with Crippen LogP contribution >= 0.6 is 0 Å². The van der Waals surface area contributed by atoms with Gasteiger partial charge in [-0.3, -0.25) is 0 Å². The molecule has 1 saturated carbocycles. The Morgan fingerprint density at radius 3 is 2.53 bits per heavy atom. The van der Waals surface area contributed by atoms with Gasteiger partial charge in [0.1, 0.15) is 6.17 Å². The molecule has 84 valence electrons. The van der Waals surface area contributed by atoms with Crippen molar-refractivity contribution in [3.05, 3.63) is 0 Å². The molecule has 0 radical (unpaired) electrons. The third-order valence-corrected chi connectivity index (χ3v) is 5.29. The monoisotopic (exact) mass is 230 g/mol. The lowest BCUT2D eigenvalue weighted by molar-refractivity contribution is 0.259. The van der Waals surface area contributed by atoms with E-state index in [-0.39, 0.29) is 5.25 Å². The molecule has 0 aromatic rings. The third kappa shape index (κ3) is 2.12. The largest absolute Gasteiger partial charge is 0.236 e. The molecule has 5 nitrogen and oxygen atoms in total. The maximum Gasteiger partial charge on any atom is 0.236 e. The van der Waals surface area contributed by atoms with Crippen LogP contribution in [0, 0.1) is 0 Å². The van der Waals surface area contributed by atoms with Crippen LogP contribution in [0.2, 0.25) is 0 Å². The zero-order chi connectivity index (χ0) is 10.9. The Balaban J connectivity index is 2.20. The fourth-order valence-electron chi connectivity index (χ4n) is 1.93. The Morgan fingerprint density at radius 2 is 1.93 bits per heavy atom. The average molecular weight is 230 g/mol. The minimum atomic E-state index is -3.20. The van der Waals surface area contributed by atoms with E-state index in [9.17, 15) is 13.2 Å². The second-order valence-electron chi connectivity index (χ2n) is 4.05. The van der Waals surface area contributed by atoms with Crippen molar-refractivity contribution in [2.24, 2.45) is 4.99 Å². The molecule has 1 heterocycles. The number of sulfonamides is 1. The van der Waals surface area contributed by atoms with Crippen LogP contribution in [0.25, 0.3) is 0 Å². The Kier molecular flexibility index (Phi) is 2.91. The summed E-state index contributed by atoms with van der Waals surface area (Å²) in [5.41, 5.74) is 0. The molecule has 6 heteroatoms. The van der Waals surface area contributed by atoms with Crippen LogP contribution in [0.5, 0.6) is 0 Å². The Hall–Kier alpha value is -0.710. The van der Waals surface area contributed by atoms with Gasteiger partial charge in [-0.05, 0) is 32.1 Å². The lowest BCUT2D eigenvalue weighted by Gasteiger charge is -2.31. The molecule has 0 aromatic carbocycles. The fourth-order valence-corrected chi connectivity index (χ4v) is 3.92. The smallest absolute Gasteiger partial charge is 0.212 e. The van der Waals surface area contributed by atoms with Crippen LogP contribution in [0.15, 0.2) is 4.99 Å². The summed E-state index contributed by atoms with van der Waals surface area (Å²) in [5, 5.41) is -0.222. The van der Waals surface area contributed by atoms with E-state index in [1.54, 1.807) is 0 Å². The van der Waals surface area contributed by atoms with Crippen molar-refractivity contribution in [3.63, 3.8) is 0 Å². The maximum atomic E-state index is 12.0. The molecule has 2 aliphatic rings. The number of aliphatic imine (C=N–C) groups is 1. The van der Waals surface area contributed by atoms with Crippen LogP contribution in [-0.4, -0.2) is 36.8 Å². The first kappa shape index (κ1) is 10.8. The second-order valence-corrected chi connectivity index (χ2v) is 6.22. The number of isocyanates is 1. The predicted octanol–water partition coefficient (Wildman–Crippen LogP) is 0.626. The summed E-state index contributed by atoms with van der Waals surface area (Å²) in [4.78, 5) is 13.8. The van der Waals surface area contributed by atoms with E-state index in [4.69, 9.17) is 0 Å². The highest BCUT2D eigenvalue weighted by molar-refractivity contribution is 7.90. The van der Waals surface area contributed by atoms with E-state index in [0.29, 0.717) is 13.0 Å². The number of hydrogen-bond acceptors (Lipinski definition) is 4. The van der Waals surface area contributed by atoms with Crippen molar-refractivity contribution in [2.45, 2.75) is 43.5 Å². The topological polar surface area (TPSA) is 66.8 Å². The van der Waals surface area contributed by atoms with Gasteiger partial charge in [0.05, 0.1) is 5.25 Å². The number of piperidine rings is 1. The minimum Gasteiger partial charge on any atom is -0.212 e. The number of hydrogen-bond donors (Lipinski definition) is 0. The molecule has 15 heavy (non-hydrogen) atoms. The van der Waals surface area contributed by atoms with Crippen molar-refractivity contribution < 1.29 is 13.2 Å². The van der Waals surface area contributed by atoms with Gasteiger partial charge in [-0.2, -0.15) is 9.30 Å². The quantitative estimate of drug-likeness (QED) is 0.527. The summed E-state index contributed by atoms with van der Waals surface area (Å²) < 4.78 is 25.3. The van der Waals surface area contributed by atoms with E-state index < -0.39 is 16.2 Å². The van der Waals surface area contributed by atoms with E-state index in [1.807, 2.05) is 0 Å². The van der Waals surface area contributed by atoms with Gasteiger partial charge in [0, 0.05) is 6.54 Å². The molecule has 0 spiro atoms. The van der Waals surface area contributed by atoms with Crippen LogP contribution in [0.4, 0.5) is 0 Å². The molecule has 0 amide bonds. The summed E-state index contributed by atoms with van der Waals surface area (Å²) in [6.45, 7) is 0.495. The highest BCUT2D eigenvalue weighted by Gasteiger charge is 2.43. The first-order chi connectivity index (χ1) is 7.16. The molecule has 0 bridgehead atoms. The summed E-state index contributed by atoms with van der Waals surface area (Å²) in [7, 11) is -3.20. The molecular weight excluding hydrogens is 216 g/mol. The predicted molar refractivity (Wildman–Crippen MR) is 54.4 cm³/mol. The van der Waals surface area contributed by atoms with Gasteiger partial charge in [-0.1, -0.05) is 0 Å². The zero-order valence-electron chi connectivity index (χ0n) is 8.42. The van der Waals surface area contributed by atoms with E-state index in [1.165, 1.54) is 10.4 Å². The summed E-state index contributed by atoms with van der Waals surface area (Å²) in [6, 6.07) is 0. The van der Waals surface area contributed by atoms with Crippen molar-refractivity contribution in [2.75, 3.05) is 6.54 Å². The van der Waals surface area contributed by atoms with Crippen LogP contribution < -0.4 is 0 Å². The van der Waals surface area contributed by atoms with Crippen LogP contribution in [0.1, 0.15) is 32.1 Å². The SMILES string of the molecule is O=C=NC1CCCCN1S(=O)(=O)C1CC1. The average Bonchev–Trinajstić information content (AvgIpc) is 3.02. The van der Waals surface area contributed by atoms with E-state index >= 15 is 0 Å². The van der Waals surface area contributed by atoms with Gasteiger partial charge in [0.2, 0.25) is 16.1 Å². The molecule has 2 rings (SSSR count). The summed E-state index contributed by atoms with van der Waals surface area (Å²) in [5.74, 6) is 0. The van der Waals surface area contributed by atoms with Gasteiger partial charge in [0.25, 0.3) is 0 Å². The molecule has 1 aliphatic heterocycles. The highest BCUT2D eigenvalue weighted by Crippen LogP contribution is 2.34. The van der Waals surface area contributed by atoms with Gasteiger partial charge >= 0.3 is 0 Å². The lowest BCUT2D eigenvalue weighted by Crippen LogP contribution is -2.44. The van der Waals surface area contributed by atoms with Gasteiger partial charge in [-0.25, -0.2) is 13.2 Å². The zero-order valence-corrected chi connectivity index (χ0v) is 9.24. The lowest BCUT2D eigenvalue weighted by atomic mass is 10.1. The first-order valence-electron chi connectivity index (χ1n) is 5.24. The number of rotatable bonds is 3. The standard InChI is InChI=1S/C9H14N2O3S/c12-7-10-9-3-1-2-6-11(9)15(13,14)8-4-5-8/h8-9H,1-6H2. The molecule has 1 unspecified atom stereocenters. The fraction of sp³-hybridized carbons (Fsp3) is 0.889. The molecule has 0 aromatic heterocycles. The van der Waals surface area contributed by atoms with Crippen LogP contribution in [0.3, 0.4) is 0 Å².